The molecule has 0 heterocycles. The second kappa shape index (κ2) is 14.3. The molecule has 2 aromatic rings. The monoisotopic (exact) mass is 530 g/mol. The maximum absolute atomic E-state index is 15.4. The molecule has 0 aliphatic heterocycles. The molecule has 3 saturated carbocycles. The second-order valence-electron chi connectivity index (χ2n) is 13.7. The van der Waals surface area contributed by atoms with Crippen LogP contribution in [-0.4, -0.2) is 0 Å². The molecule has 1 heteroatoms. The van der Waals surface area contributed by atoms with Crippen molar-refractivity contribution in [2.24, 2.45) is 17.8 Å². The van der Waals surface area contributed by atoms with E-state index >= 15 is 4.39 Å². The van der Waals surface area contributed by atoms with Gasteiger partial charge in [0, 0.05) is 0 Å². The van der Waals surface area contributed by atoms with Crippen molar-refractivity contribution >= 4 is 0 Å². The van der Waals surface area contributed by atoms with E-state index in [1.165, 1.54) is 127 Å². The highest BCUT2D eigenvalue weighted by Gasteiger charge is 2.32. The first-order valence-electron chi connectivity index (χ1n) is 17.0. The molecule has 0 spiro atoms. The Morgan fingerprint density at radius 1 is 0.590 bits per heavy atom. The maximum atomic E-state index is 15.4. The van der Waals surface area contributed by atoms with Crippen LogP contribution in [0.1, 0.15) is 163 Å². The van der Waals surface area contributed by atoms with Gasteiger partial charge in [0.25, 0.3) is 0 Å². The van der Waals surface area contributed by atoms with E-state index in [1.807, 2.05) is 6.07 Å². The second-order valence-corrected chi connectivity index (χ2v) is 13.7. The third-order valence-electron chi connectivity index (χ3n) is 11.2. The standard InChI is InChI=1S/C38H55F/c1-3-5-6-8-29-11-15-34(16-12-29)36-25-26-37(38(39)27-36)35-23-21-33(22-24-35)32-19-17-31(18-20-32)30-13-9-28(7-4-2)10-14-30/h9-10,13-14,25-27,29,31-35H,3-8,11-12,15-24H2,1-2H3. The largest absolute Gasteiger partial charge is 0.207 e. The molecule has 5 rings (SSSR count). The Kier molecular flexibility index (Phi) is 10.6. The van der Waals surface area contributed by atoms with Crippen LogP contribution in [0.15, 0.2) is 42.5 Å². The Hall–Kier alpha value is -1.63. The molecule has 0 nitrogen and oxygen atoms in total. The van der Waals surface area contributed by atoms with Gasteiger partial charge in [-0.3, -0.25) is 0 Å². The van der Waals surface area contributed by atoms with E-state index in [2.05, 4.69) is 50.2 Å². The lowest BCUT2D eigenvalue weighted by Crippen LogP contribution is -2.25. The third kappa shape index (κ3) is 7.56. The first-order valence-corrected chi connectivity index (χ1v) is 17.0. The molecule has 3 aliphatic rings. The topological polar surface area (TPSA) is 0 Å². The average molecular weight is 531 g/mol. The molecule has 0 N–H and O–H groups in total. The normalized spacial score (nSPS) is 29.8. The molecule has 3 aliphatic carbocycles. The van der Waals surface area contributed by atoms with Crippen LogP contribution in [0.2, 0.25) is 0 Å². The number of hydrogen-bond acceptors (Lipinski definition) is 0. The van der Waals surface area contributed by atoms with Crippen molar-refractivity contribution in [2.75, 3.05) is 0 Å². The lowest BCUT2D eigenvalue weighted by Gasteiger charge is -2.38. The van der Waals surface area contributed by atoms with Crippen molar-refractivity contribution in [2.45, 2.75) is 147 Å². The van der Waals surface area contributed by atoms with Gasteiger partial charge in [-0.1, -0.05) is 82.3 Å². The molecule has 39 heavy (non-hydrogen) atoms. The Balaban J connectivity index is 1.07. The molecule has 214 valence electrons. The predicted molar refractivity (Wildman–Crippen MR) is 165 cm³/mol. The molecule has 0 aromatic heterocycles. The summed E-state index contributed by atoms with van der Waals surface area (Å²) in [5.74, 6) is 4.54. The minimum atomic E-state index is 0.0893. The molecule has 0 bridgehead atoms. The Bertz CT molecular complexity index is 982. The van der Waals surface area contributed by atoms with Gasteiger partial charge in [0.05, 0.1) is 0 Å². The van der Waals surface area contributed by atoms with Gasteiger partial charge in [-0.05, 0) is 147 Å². The molecule has 0 unspecified atom stereocenters. The zero-order chi connectivity index (χ0) is 27.0. The van der Waals surface area contributed by atoms with Gasteiger partial charge in [-0.15, -0.1) is 0 Å². The number of rotatable bonds is 10. The van der Waals surface area contributed by atoms with Gasteiger partial charge in [0.15, 0.2) is 0 Å². The fraction of sp³-hybridized carbons (Fsp3) is 0.684. The minimum Gasteiger partial charge on any atom is -0.207 e. The number of aryl methyl sites for hydroxylation is 1. The number of hydrogen-bond donors (Lipinski definition) is 0. The third-order valence-corrected chi connectivity index (χ3v) is 11.2. The average Bonchev–Trinajstić information content (AvgIpc) is 2.98. The summed E-state index contributed by atoms with van der Waals surface area (Å²) in [7, 11) is 0. The van der Waals surface area contributed by atoms with Crippen LogP contribution < -0.4 is 0 Å². The van der Waals surface area contributed by atoms with E-state index in [0.717, 1.165) is 29.2 Å². The summed E-state index contributed by atoms with van der Waals surface area (Å²) in [5, 5.41) is 0. The molecular weight excluding hydrogens is 475 g/mol. The summed E-state index contributed by atoms with van der Waals surface area (Å²) in [6.45, 7) is 4.55. The highest BCUT2D eigenvalue weighted by molar-refractivity contribution is 5.30. The summed E-state index contributed by atoms with van der Waals surface area (Å²) in [6, 6.07) is 15.9. The van der Waals surface area contributed by atoms with Crippen molar-refractivity contribution in [3.05, 3.63) is 70.5 Å². The molecule has 0 atom stereocenters. The van der Waals surface area contributed by atoms with Crippen molar-refractivity contribution < 1.29 is 4.39 Å². The fourth-order valence-electron chi connectivity index (χ4n) is 8.67. The summed E-state index contributed by atoms with van der Waals surface area (Å²) in [4.78, 5) is 0. The fourth-order valence-corrected chi connectivity index (χ4v) is 8.67. The van der Waals surface area contributed by atoms with Gasteiger partial charge < -0.3 is 0 Å². The summed E-state index contributed by atoms with van der Waals surface area (Å²) < 4.78 is 15.4. The molecule has 3 fully saturated rings. The highest BCUT2D eigenvalue weighted by atomic mass is 19.1. The first kappa shape index (κ1) is 28.9. The Morgan fingerprint density at radius 2 is 1.15 bits per heavy atom. The van der Waals surface area contributed by atoms with Crippen molar-refractivity contribution in [3.63, 3.8) is 0 Å². The maximum Gasteiger partial charge on any atom is 0.126 e. The lowest BCUT2D eigenvalue weighted by atomic mass is 9.67. The molecule has 0 amide bonds. The van der Waals surface area contributed by atoms with E-state index in [-0.39, 0.29) is 5.82 Å². The SMILES string of the molecule is CCCCCC1CCC(c2ccc(C3CCC(C4CCC(c5ccc(CCC)cc5)CC4)CC3)c(F)c2)CC1. The quantitative estimate of drug-likeness (QED) is 0.268. The van der Waals surface area contributed by atoms with Crippen LogP contribution in [0.5, 0.6) is 0 Å². The van der Waals surface area contributed by atoms with Crippen LogP contribution in [0.25, 0.3) is 0 Å². The Labute approximate surface area is 239 Å². The highest BCUT2D eigenvalue weighted by Crippen LogP contribution is 2.46. The van der Waals surface area contributed by atoms with Gasteiger partial charge >= 0.3 is 0 Å². The molecule has 2 aromatic carbocycles. The van der Waals surface area contributed by atoms with Gasteiger partial charge in [0.2, 0.25) is 0 Å². The minimum absolute atomic E-state index is 0.0893. The number of unbranched alkanes of at least 4 members (excludes halogenated alkanes) is 2. The van der Waals surface area contributed by atoms with Crippen LogP contribution in [0.3, 0.4) is 0 Å². The predicted octanol–water partition coefficient (Wildman–Crippen LogP) is 11.9. The van der Waals surface area contributed by atoms with Crippen LogP contribution >= 0.6 is 0 Å². The van der Waals surface area contributed by atoms with E-state index in [0.29, 0.717) is 11.8 Å². The summed E-state index contributed by atoms with van der Waals surface area (Å²) >= 11 is 0. The first-order chi connectivity index (χ1) is 19.1. The van der Waals surface area contributed by atoms with E-state index in [1.54, 1.807) is 5.56 Å². The van der Waals surface area contributed by atoms with Crippen molar-refractivity contribution in [1.29, 1.82) is 0 Å². The van der Waals surface area contributed by atoms with E-state index < -0.39 is 0 Å². The number of benzene rings is 2. The van der Waals surface area contributed by atoms with E-state index in [9.17, 15) is 0 Å². The Morgan fingerprint density at radius 3 is 1.74 bits per heavy atom. The van der Waals surface area contributed by atoms with E-state index in [4.69, 9.17) is 0 Å². The van der Waals surface area contributed by atoms with Crippen LogP contribution in [0, 0.1) is 23.6 Å². The molecule has 0 radical (unpaired) electrons. The number of halogens is 1. The van der Waals surface area contributed by atoms with Crippen molar-refractivity contribution in [3.8, 4) is 0 Å². The zero-order valence-corrected chi connectivity index (χ0v) is 25.1. The van der Waals surface area contributed by atoms with Gasteiger partial charge in [-0.2, -0.15) is 0 Å². The summed E-state index contributed by atoms with van der Waals surface area (Å²) in [6.07, 6.45) is 23.6. The van der Waals surface area contributed by atoms with Crippen LogP contribution in [0.4, 0.5) is 4.39 Å². The van der Waals surface area contributed by atoms with Crippen LogP contribution in [-0.2, 0) is 6.42 Å². The van der Waals surface area contributed by atoms with Gasteiger partial charge in [0.1, 0.15) is 5.82 Å². The zero-order valence-electron chi connectivity index (χ0n) is 25.1. The van der Waals surface area contributed by atoms with Crippen molar-refractivity contribution in [1.82, 2.24) is 0 Å². The summed E-state index contributed by atoms with van der Waals surface area (Å²) in [5.41, 5.74) is 5.34. The van der Waals surface area contributed by atoms with Gasteiger partial charge in [-0.25, -0.2) is 4.39 Å². The molecule has 0 saturated heterocycles. The smallest absolute Gasteiger partial charge is 0.126 e. The molecular formula is C38H55F. The lowest BCUT2D eigenvalue weighted by molar-refractivity contribution is 0.176.